The first kappa shape index (κ1) is 25.2. The third-order valence-corrected chi connectivity index (χ3v) is 5.15. The van der Waals surface area contributed by atoms with Crippen LogP contribution in [0, 0.1) is 0 Å². The van der Waals surface area contributed by atoms with Crippen molar-refractivity contribution in [3.05, 3.63) is 12.2 Å². The highest BCUT2D eigenvalue weighted by Crippen LogP contribution is 2.13. The Morgan fingerprint density at radius 3 is 1.31 bits per heavy atom. The molecule has 0 radical (unpaired) electrons. The molecule has 0 bridgehead atoms. The lowest BCUT2D eigenvalue weighted by Gasteiger charge is -2.02. The molecule has 0 aromatic carbocycles. The summed E-state index contributed by atoms with van der Waals surface area (Å²) in [6, 6.07) is 0. The standard InChI is InChI=1S/C24H46O2/c1-2-3-4-5-6-7-8-9-10-11-12-13-14-15-16-17-18-19-20-21-22-23-24(25)26/h10-11H,2-9,12-23H2,1H3,(H,25,26)/b11-10+. The first-order valence-electron chi connectivity index (χ1n) is 11.6. The Hall–Kier alpha value is -0.790. The molecule has 2 heteroatoms. The molecule has 0 atom stereocenters. The normalized spacial score (nSPS) is 11.4. The van der Waals surface area contributed by atoms with Crippen LogP contribution in [0.2, 0.25) is 0 Å². The summed E-state index contributed by atoms with van der Waals surface area (Å²) in [5, 5.41) is 8.57. The molecule has 0 heterocycles. The van der Waals surface area contributed by atoms with Crippen LogP contribution in [-0.2, 0) is 4.79 Å². The lowest BCUT2D eigenvalue weighted by Crippen LogP contribution is -1.93. The predicted octanol–water partition coefficient (Wildman–Crippen LogP) is 8.45. The number of carboxylic acid groups (broad SMARTS) is 1. The van der Waals surface area contributed by atoms with E-state index in [2.05, 4.69) is 19.1 Å². The monoisotopic (exact) mass is 366 g/mol. The van der Waals surface area contributed by atoms with E-state index in [9.17, 15) is 4.79 Å². The van der Waals surface area contributed by atoms with E-state index in [4.69, 9.17) is 5.11 Å². The number of allylic oxidation sites excluding steroid dienone is 2. The minimum Gasteiger partial charge on any atom is -0.481 e. The molecule has 0 aliphatic carbocycles. The molecular weight excluding hydrogens is 320 g/mol. The summed E-state index contributed by atoms with van der Waals surface area (Å²) in [5.74, 6) is -0.655. The van der Waals surface area contributed by atoms with Gasteiger partial charge in [-0.25, -0.2) is 0 Å². The van der Waals surface area contributed by atoms with Gasteiger partial charge in [-0.2, -0.15) is 0 Å². The molecule has 0 aromatic rings. The number of hydrogen-bond donors (Lipinski definition) is 1. The Morgan fingerprint density at radius 1 is 0.577 bits per heavy atom. The van der Waals surface area contributed by atoms with Crippen molar-refractivity contribution in [2.24, 2.45) is 0 Å². The number of rotatable bonds is 21. The summed E-state index contributed by atoms with van der Waals surface area (Å²) < 4.78 is 0. The Bertz CT molecular complexity index is 309. The van der Waals surface area contributed by atoms with Crippen LogP contribution in [0.15, 0.2) is 12.2 Å². The third-order valence-electron chi connectivity index (χ3n) is 5.15. The van der Waals surface area contributed by atoms with E-state index in [0.29, 0.717) is 6.42 Å². The summed E-state index contributed by atoms with van der Waals surface area (Å²) >= 11 is 0. The maximum Gasteiger partial charge on any atom is 0.303 e. The Balaban J connectivity index is 3.07. The molecule has 0 spiro atoms. The number of carbonyl (C=O) groups is 1. The molecule has 0 fully saturated rings. The molecule has 26 heavy (non-hydrogen) atoms. The molecule has 0 saturated carbocycles. The quantitative estimate of drug-likeness (QED) is 0.163. The van der Waals surface area contributed by atoms with Crippen molar-refractivity contribution in [3.63, 3.8) is 0 Å². The van der Waals surface area contributed by atoms with Crippen molar-refractivity contribution < 1.29 is 9.90 Å². The fraction of sp³-hybridized carbons (Fsp3) is 0.875. The van der Waals surface area contributed by atoms with Gasteiger partial charge in [0.25, 0.3) is 0 Å². The van der Waals surface area contributed by atoms with E-state index in [0.717, 1.165) is 12.8 Å². The van der Waals surface area contributed by atoms with Crippen LogP contribution in [-0.4, -0.2) is 11.1 Å². The van der Waals surface area contributed by atoms with E-state index < -0.39 is 5.97 Å². The first-order chi connectivity index (χ1) is 12.8. The predicted molar refractivity (Wildman–Crippen MR) is 115 cm³/mol. The van der Waals surface area contributed by atoms with Gasteiger partial charge in [0.1, 0.15) is 0 Å². The van der Waals surface area contributed by atoms with Gasteiger partial charge in [-0.1, -0.05) is 109 Å². The fourth-order valence-electron chi connectivity index (χ4n) is 3.41. The molecule has 0 aromatic heterocycles. The molecule has 0 saturated heterocycles. The van der Waals surface area contributed by atoms with Crippen LogP contribution in [0.25, 0.3) is 0 Å². The zero-order chi connectivity index (χ0) is 19.1. The second kappa shape index (κ2) is 22.3. The smallest absolute Gasteiger partial charge is 0.303 e. The van der Waals surface area contributed by atoms with Crippen LogP contribution >= 0.6 is 0 Å². The topological polar surface area (TPSA) is 37.3 Å². The minimum atomic E-state index is -0.655. The number of carboxylic acids is 1. The van der Waals surface area contributed by atoms with E-state index in [-0.39, 0.29) is 0 Å². The molecule has 2 nitrogen and oxygen atoms in total. The molecule has 0 rings (SSSR count). The molecular formula is C24H46O2. The van der Waals surface area contributed by atoms with Crippen molar-refractivity contribution in [3.8, 4) is 0 Å². The summed E-state index contributed by atoms with van der Waals surface area (Å²) in [5.41, 5.74) is 0. The highest BCUT2D eigenvalue weighted by atomic mass is 16.4. The van der Waals surface area contributed by atoms with Gasteiger partial charge >= 0.3 is 5.97 Å². The molecule has 0 aliphatic rings. The lowest BCUT2D eigenvalue weighted by molar-refractivity contribution is -0.137. The van der Waals surface area contributed by atoms with Gasteiger partial charge in [0.15, 0.2) is 0 Å². The van der Waals surface area contributed by atoms with Crippen LogP contribution in [0.5, 0.6) is 0 Å². The number of unbranched alkanes of at least 4 members (excludes halogenated alkanes) is 17. The van der Waals surface area contributed by atoms with E-state index >= 15 is 0 Å². The van der Waals surface area contributed by atoms with Gasteiger partial charge in [0.05, 0.1) is 0 Å². The lowest BCUT2D eigenvalue weighted by atomic mass is 10.0. The summed E-state index contributed by atoms with van der Waals surface area (Å²) in [4.78, 5) is 10.4. The summed E-state index contributed by atoms with van der Waals surface area (Å²) in [6.45, 7) is 2.28. The highest BCUT2D eigenvalue weighted by molar-refractivity contribution is 5.66. The van der Waals surface area contributed by atoms with Gasteiger partial charge in [-0.05, 0) is 32.1 Å². The second-order valence-corrected chi connectivity index (χ2v) is 7.85. The van der Waals surface area contributed by atoms with Crippen LogP contribution in [0.1, 0.15) is 135 Å². The van der Waals surface area contributed by atoms with Gasteiger partial charge in [-0.15, -0.1) is 0 Å². The number of aliphatic carboxylic acids is 1. The molecule has 154 valence electrons. The van der Waals surface area contributed by atoms with Crippen molar-refractivity contribution in [1.29, 1.82) is 0 Å². The van der Waals surface area contributed by atoms with Gasteiger partial charge < -0.3 is 5.11 Å². The summed E-state index contributed by atoms with van der Waals surface area (Å²) in [7, 11) is 0. The average molecular weight is 367 g/mol. The molecule has 1 N–H and O–H groups in total. The van der Waals surface area contributed by atoms with Gasteiger partial charge in [0, 0.05) is 6.42 Å². The molecule has 0 amide bonds. The van der Waals surface area contributed by atoms with E-state index in [1.54, 1.807) is 0 Å². The van der Waals surface area contributed by atoms with Crippen LogP contribution < -0.4 is 0 Å². The van der Waals surface area contributed by atoms with Crippen molar-refractivity contribution in [2.75, 3.05) is 0 Å². The average Bonchev–Trinajstić information content (AvgIpc) is 2.62. The number of hydrogen-bond acceptors (Lipinski definition) is 1. The largest absolute Gasteiger partial charge is 0.481 e. The second-order valence-electron chi connectivity index (χ2n) is 7.85. The van der Waals surface area contributed by atoms with Crippen molar-refractivity contribution in [1.82, 2.24) is 0 Å². The molecule has 0 aliphatic heterocycles. The van der Waals surface area contributed by atoms with Gasteiger partial charge in [0.2, 0.25) is 0 Å². The Labute approximate surface area is 163 Å². The van der Waals surface area contributed by atoms with Gasteiger partial charge in [-0.3, -0.25) is 4.79 Å². The van der Waals surface area contributed by atoms with Crippen LogP contribution in [0.3, 0.4) is 0 Å². The zero-order valence-electron chi connectivity index (χ0n) is 17.7. The zero-order valence-corrected chi connectivity index (χ0v) is 17.7. The SMILES string of the molecule is CCCCCCCCC/C=C/CCCCCCCCCCCCC(=O)O. The Kier molecular flexibility index (Phi) is 21.6. The highest BCUT2D eigenvalue weighted by Gasteiger charge is 1.96. The maximum absolute atomic E-state index is 10.4. The fourth-order valence-corrected chi connectivity index (χ4v) is 3.41. The minimum absolute atomic E-state index is 0.341. The first-order valence-corrected chi connectivity index (χ1v) is 11.6. The van der Waals surface area contributed by atoms with Crippen molar-refractivity contribution >= 4 is 5.97 Å². The third kappa shape index (κ3) is 23.2. The maximum atomic E-state index is 10.4. The van der Waals surface area contributed by atoms with E-state index in [1.165, 1.54) is 109 Å². The Morgan fingerprint density at radius 2 is 0.923 bits per heavy atom. The van der Waals surface area contributed by atoms with Crippen molar-refractivity contribution in [2.45, 2.75) is 135 Å². The molecule has 0 unspecified atom stereocenters. The van der Waals surface area contributed by atoms with E-state index in [1.807, 2.05) is 0 Å². The van der Waals surface area contributed by atoms with Crippen LogP contribution in [0.4, 0.5) is 0 Å². The summed E-state index contributed by atoms with van der Waals surface area (Å²) in [6.07, 6.45) is 30.1.